The van der Waals surface area contributed by atoms with Gasteiger partial charge in [-0.2, -0.15) is 0 Å². The highest BCUT2D eigenvalue weighted by Crippen LogP contribution is 2.16. The lowest BCUT2D eigenvalue weighted by atomic mass is 10.00. The number of nitrogens with zero attached hydrogens (tertiary/aromatic N) is 1. The van der Waals surface area contributed by atoms with Crippen LogP contribution in [0.15, 0.2) is 84.9 Å². The van der Waals surface area contributed by atoms with Crippen molar-refractivity contribution >= 4 is 5.69 Å². The Morgan fingerprint density at radius 3 is 2.09 bits per heavy atom. The largest absolute Gasteiger partial charge is 0.331 e. The lowest BCUT2D eigenvalue weighted by molar-refractivity contribution is -0.970. The highest BCUT2D eigenvalue weighted by Gasteiger charge is 2.31. The van der Waals surface area contributed by atoms with Gasteiger partial charge in [-0.1, -0.05) is 72.8 Å². The fourth-order valence-electron chi connectivity index (χ4n) is 4.96. The molecule has 0 radical (unpaired) electrons. The predicted octanol–water partition coefficient (Wildman–Crippen LogP) is 2.47. The van der Waals surface area contributed by atoms with Crippen molar-refractivity contribution in [1.29, 1.82) is 0 Å². The number of benzene rings is 3. The molecule has 1 aliphatic heterocycles. The van der Waals surface area contributed by atoms with E-state index in [1.54, 1.807) is 17.0 Å². The first-order chi connectivity index (χ1) is 15.7. The molecule has 0 aliphatic carbocycles. The molecule has 1 unspecified atom stereocenters. The molecular weight excluding hydrogens is 398 g/mol. The first-order valence-electron chi connectivity index (χ1n) is 11.7. The van der Waals surface area contributed by atoms with E-state index < -0.39 is 0 Å². The minimum Gasteiger partial charge on any atom is -0.331 e. The Bertz CT molecular complexity index is 986. The molecule has 5 nitrogen and oxygen atoms in total. The molecule has 3 aromatic rings. The third kappa shape index (κ3) is 6.02. The fraction of sp³-hybridized carbons (Fsp3) is 0.333. The lowest BCUT2D eigenvalue weighted by Gasteiger charge is -2.34. The summed E-state index contributed by atoms with van der Waals surface area (Å²) >= 11 is 0. The van der Waals surface area contributed by atoms with Gasteiger partial charge in [-0.3, -0.25) is 10.1 Å². The number of hydrogen-bond donors (Lipinski definition) is 2. The third-order valence-electron chi connectivity index (χ3n) is 6.75. The van der Waals surface area contributed by atoms with Gasteiger partial charge >= 0.3 is 0 Å². The summed E-state index contributed by atoms with van der Waals surface area (Å²) in [5, 5.41) is 11.4. The summed E-state index contributed by atoms with van der Waals surface area (Å²) in [6, 6.07) is 29.4. The van der Waals surface area contributed by atoms with E-state index in [9.17, 15) is 10.1 Å². The van der Waals surface area contributed by atoms with Crippen LogP contribution in [0.3, 0.4) is 0 Å². The zero-order valence-electron chi connectivity index (χ0n) is 18.6. The van der Waals surface area contributed by atoms with E-state index in [1.165, 1.54) is 16.0 Å². The van der Waals surface area contributed by atoms with Gasteiger partial charge in [0.05, 0.1) is 36.2 Å². The van der Waals surface area contributed by atoms with Crippen molar-refractivity contribution in [2.45, 2.75) is 38.4 Å². The second-order valence-corrected chi connectivity index (χ2v) is 8.89. The van der Waals surface area contributed by atoms with Crippen molar-refractivity contribution in [3.8, 4) is 0 Å². The van der Waals surface area contributed by atoms with Crippen molar-refractivity contribution in [2.75, 3.05) is 19.6 Å². The topological polar surface area (TPSA) is 52.0 Å². The molecule has 1 atom stereocenters. The van der Waals surface area contributed by atoms with Gasteiger partial charge in [0, 0.05) is 30.9 Å². The minimum atomic E-state index is -0.253. The predicted molar refractivity (Wildman–Crippen MR) is 127 cm³/mol. The summed E-state index contributed by atoms with van der Waals surface area (Å²) in [6.45, 7) is 5.06. The van der Waals surface area contributed by atoms with Crippen LogP contribution < -0.4 is 9.80 Å². The summed E-state index contributed by atoms with van der Waals surface area (Å²) in [7, 11) is 0. The molecule has 0 saturated carbocycles. The summed E-state index contributed by atoms with van der Waals surface area (Å²) < 4.78 is 0. The number of nitrogens with one attached hydrogen (secondary N) is 2. The number of rotatable bonds is 9. The standard InChI is InChI=1S/C27H31N3O2/c31-30(32)27-14-8-7-13-25(27)22-28-18-16-26(17-19-28)29(21-24-11-5-2-6-12-24)20-15-23-9-3-1-4-10-23/h1-14,26H,15-22H2/p+2. The molecule has 1 aliphatic rings. The number of para-hydroxylation sites is 1. The molecule has 1 fully saturated rings. The molecule has 0 spiro atoms. The first kappa shape index (κ1) is 22.2. The molecule has 166 valence electrons. The Labute approximate surface area is 190 Å². The van der Waals surface area contributed by atoms with Gasteiger partial charge in [-0.15, -0.1) is 0 Å². The van der Waals surface area contributed by atoms with Crippen molar-refractivity contribution in [3.05, 3.63) is 112 Å². The highest BCUT2D eigenvalue weighted by atomic mass is 16.6. The number of likely N-dealkylation sites (tertiary alicyclic amines) is 1. The molecule has 2 N–H and O–H groups in total. The fourth-order valence-corrected chi connectivity index (χ4v) is 4.96. The van der Waals surface area contributed by atoms with Crippen LogP contribution in [0, 0.1) is 10.1 Å². The molecule has 1 heterocycles. The van der Waals surface area contributed by atoms with Crippen LogP contribution in [-0.4, -0.2) is 30.6 Å². The van der Waals surface area contributed by atoms with Gasteiger partial charge in [-0.25, -0.2) is 0 Å². The third-order valence-corrected chi connectivity index (χ3v) is 6.75. The summed E-state index contributed by atoms with van der Waals surface area (Å²) in [5.41, 5.74) is 3.90. The quantitative estimate of drug-likeness (QED) is 0.404. The number of nitro benzene ring substituents is 1. The van der Waals surface area contributed by atoms with Crippen molar-refractivity contribution in [1.82, 2.24) is 0 Å². The second kappa shape index (κ2) is 11.0. The number of nitro groups is 1. The maximum atomic E-state index is 11.4. The molecule has 3 aromatic carbocycles. The van der Waals surface area contributed by atoms with Crippen LogP contribution in [0.2, 0.25) is 0 Å². The maximum absolute atomic E-state index is 11.4. The molecule has 32 heavy (non-hydrogen) atoms. The van der Waals surface area contributed by atoms with Crippen molar-refractivity contribution in [3.63, 3.8) is 0 Å². The maximum Gasteiger partial charge on any atom is 0.278 e. The molecule has 5 heteroatoms. The Hall–Kier alpha value is -3.02. The van der Waals surface area contributed by atoms with Crippen molar-refractivity contribution < 1.29 is 14.7 Å². The Morgan fingerprint density at radius 2 is 1.44 bits per heavy atom. The van der Waals surface area contributed by atoms with Gasteiger partial charge in [0.15, 0.2) is 0 Å². The number of quaternary nitrogens is 2. The molecule has 0 aromatic heterocycles. The summed E-state index contributed by atoms with van der Waals surface area (Å²) in [5.74, 6) is 0. The van der Waals surface area contributed by atoms with E-state index >= 15 is 0 Å². The van der Waals surface area contributed by atoms with Crippen LogP contribution in [0.4, 0.5) is 5.69 Å². The van der Waals surface area contributed by atoms with Gasteiger partial charge < -0.3 is 9.80 Å². The first-order valence-corrected chi connectivity index (χ1v) is 11.7. The highest BCUT2D eigenvalue weighted by molar-refractivity contribution is 5.39. The van der Waals surface area contributed by atoms with E-state index in [0.717, 1.165) is 57.5 Å². The normalized spacial score (nSPS) is 19.4. The zero-order valence-corrected chi connectivity index (χ0v) is 18.6. The van der Waals surface area contributed by atoms with Crippen LogP contribution >= 0.6 is 0 Å². The lowest BCUT2D eigenvalue weighted by Crippen LogP contribution is -3.19. The van der Waals surface area contributed by atoms with Crippen molar-refractivity contribution in [2.24, 2.45) is 0 Å². The van der Waals surface area contributed by atoms with E-state index in [0.29, 0.717) is 6.04 Å². The summed E-state index contributed by atoms with van der Waals surface area (Å²) in [6.07, 6.45) is 3.41. The Morgan fingerprint density at radius 1 is 0.844 bits per heavy atom. The van der Waals surface area contributed by atoms with E-state index in [4.69, 9.17) is 0 Å². The molecule has 0 amide bonds. The molecule has 4 rings (SSSR count). The van der Waals surface area contributed by atoms with Crippen LogP contribution in [0.5, 0.6) is 0 Å². The SMILES string of the molecule is O=[N+]([O-])c1ccccc1C[NH+]1CCC([NH+](CCc2ccccc2)Cc2ccccc2)CC1. The van der Waals surface area contributed by atoms with E-state index in [-0.39, 0.29) is 10.6 Å². The average molecular weight is 432 g/mol. The Balaban J connectivity index is 1.38. The van der Waals surface area contributed by atoms with E-state index in [2.05, 4.69) is 60.7 Å². The van der Waals surface area contributed by atoms with Gasteiger partial charge in [-0.05, 0) is 11.6 Å². The molecular formula is C27H33N3O2+2. The van der Waals surface area contributed by atoms with Gasteiger partial charge in [0.2, 0.25) is 0 Å². The average Bonchev–Trinajstić information content (AvgIpc) is 2.84. The van der Waals surface area contributed by atoms with Crippen LogP contribution in [-0.2, 0) is 19.5 Å². The number of piperidine rings is 1. The Kier molecular flexibility index (Phi) is 7.64. The zero-order chi connectivity index (χ0) is 22.2. The second-order valence-electron chi connectivity index (χ2n) is 8.89. The monoisotopic (exact) mass is 431 g/mol. The number of hydrogen-bond acceptors (Lipinski definition) is 2. The van der Waals surface area contributed by atoms with Crippen LogP contribution in [0.1, 0.15) is 29.5 Å². The summed E-state index contributed by atoms with van der Waals surface area (Å²) in [4.78, 5) is 14.2. The molecule has 0 bridgehead atoms. The minimum absolute atomic E-state index is 0.251. The van der Waals surface area contributed by atoms with Crippen LogP contribution in [0.25, 0.3) is 0 Å². The van der Waals surface area contributed by atoms with Gasteiger partial charge in [0.25, 0.3) is 5.69 Å². The van der Waals surface area contributed by atoms with Gasteiger partial charge in [0.1, 0.15) is 13.1 Å². The smallest absolute Gasteiger partial charge is 0.278 e. The molecule has 1 saturated heterocycles. The van der Waals surface area contributed by atoms with E-state index in [1.807, 2.05) is 12.1 Å².